The summed E-state index contributed by atoms with van der Waals surface area (Å²) in [7, 11) is 0. The SMILES string of the molecule is O=C(NCc1cccs1)N1CCCSCC1CN1CCOCC1. The third-order valence-electron chi connectivity index (χ3n) is 4.27. The number of rotatable bonds is 4. The van der Waals surface area contributed by atoms with Crippen LogP contribution in [-0.4, -0.2) is 72.8 Å². The molecule has 128 valence electrons. The Morgan fingerprint density at radius 2 is 2.22 bits per heavy atom. The molecule has 1 unspecified atom stereocenters. The molecule has 3 heterocycles. The molecule has 2 aliphatic heterocycles. The molecule has 0 saturated carbocycles. The summed E-state index contributed by atoms with van der Waals surface area (Å²) >= 11 is 3.66. The molecular formula is C16H25N3O2S2. The lowest BCUT2D eigenvalue weighted by molar-refractivity contribution is 0.0283. The number of urea groups is 1. The van der Waals surface area contributed by atoms with Gasteiger partial charge in [0.1, 0.15) is 0 Å². The predicted octanol–water partition coefficient (Wildman–Crippen LogP) is 2.10. The Morgan fingerprint density at radius 3 is 3.00 bits per heavy atom. The molecule has 2 amide bonds. The number of morpholine rings is 1. The average molecular weight is 356 g/mol. The fraction of sp³-hybridized carbons (Fsp3) is 0.688. The fourth-order valence-corrected chi connectivity index (χ4v) is 4.71. The van der Waals surface area contributed by atoms with Crippen LogP contribution < -0.4 is 5.32 Å². The summed E-state index contributed by atoms with van der Waals surface area (Å²) < 4.78 is 5.43. The van der Waals surface area contributed by atoms with Gasteiger partial charge in [-0.2, -0.15) is 11.8 Å². The van der Waals surface area contributed by atoms with Crippen LogP contribution in [0.25, 0.3) is 0 Å². The van der Waals surface area contributed by atoms with Crippen molar-refractivity contribution in [2.24, 2.45) is 0 Å². The molecule has 7 heteroatoms. The van der Waals surface area contributed by atoms with E-state index in [0.29, 0.717) is 12.6 Å². The Labute approximate surface area is 146 Å². The Balaban J connectivity index is 1.56. The topological polar surface area (TPSA) is 44.8 Å². The lowest BCUT2D eigenvalue weighted by atomic mass is 10.2. The molecule has 0 spiro atoms. The van der Waals surface area contributed by atoms with Gasteiger partial charge in [0.25, 0.3) is 0 Å². The van der Waals surface area contributed by atoms with E-state index in [0.717, 1.165) is 57.3 Å². The normalized spacial score (nSPS) is 23.5. The van der Waals surface area contributed by atoms with E-state index < -0.39 is 0 Å². The quantitative estimate of drug-likeness (QED) is 0.898. The van der Waals surface area contributed by atoms with Gasteiger partial charge in [0, 0.05) is 36.8 Å². The smallest absolute Gasteiger partial charge is 0.318 e. The maximum atomic E-state index is 12.7. The second kappa shape index (κ2) is 8.92. The summed E-state index contributed by atoms with van der Waals surface area (Å²) in [6.07, 6.45) is 1.08. The molecule has 5 nitrogen and oxygen atoms in total. The Hall–Kier alpha value is -0.760. The minimum Gasteiger partial charge on any atom is -0.379 e. The highest BCUT2D eigenvalue weighted by atomic mass is 32.2. The van der Waals surface area contributed by atoms with Crippen molar-refractivity contribution in [2.45, 2.75) is 19.0 Å². The van der Waals surface area contributed by atoms with E-state index in [1.807, 2.05) is 23.2 Å². The summed E-state index contributed by atoms with van der Waals surface area (Å²) in [5, 5.41) is 5.14. The van der Waals surface area contributed by atoms with Crippen LogP contribution in [0.1, 0.15) is 11.3 Å². The number of nitrogens with one attached hydrogen (secondary N) is 1. The van der Waals surface area contributed by atoms with E-state index in [-0.39, 0.29) is 6.03 Å². The van der Waals surface area contributed by atoms with Crippen molar-refractivity contribution in [1.29, 1.82) is 0 Å². The van der Waals surface area contributed by atoms with Crippen LogP contribution in [0.5, 0.6) is 0 Å². The van der Waals surface area contributed by atoms with E-state index in [2.05, 4.69) is 21.2 Å². The molecule has 23 heavy (non-hydrogen) atoms. The van der Waals surface area contributed by atoms with Gasteiger partial charge in [-0.25, -0.2) is 4.79 Å². The second-order valence-corrected chi connectivity index (χ2v) is 8.11. The van der Waals surface area contributed by atoms with Gasteiger partial charge in [0.2, 0.25) is 0 Å². The molecule has 0 aliphatic carbocycles. The van der Waals surface area contributed by atoms with Crippen molar-refractivity contribution in [3.05, 3.63) is 22.4 Å². The minimum absolute atomic E-state index is 0.0826. The molecule has 2 saturated heterocycles. The van der Waals surface area contributed by atoms with Crippen LogP contribution in [0.3, 0.4) is 0 Å². The Bertz CT molecular complexity index is 478. The van der Waals surface area contributed by atoms with Crippen LogP contribution in [0.4, 0.5) is 4.79 Å². The number of ether oxygens (including phenoxy) is 1. The minimum atomic E-state index is 0.0826. The van der Waals surface area contributed by atoms with Crippen LogP contribution in [-0.2, 0) is 11.3 Å². The maximum Gasteiger partial charge on any atom is 0.318 e. The first kappa shape index (κ1) is 17.1. The first-order valence-corrected chi connectivity index (χ1v) is 10.3. The first-order valence-electron chi connectivity index (χ1n) is 8.27. The van der Waals surface area contributed by atoms with Crippen LogP contribution in [0.15, 0.2) is 17.5 Å². The molecule has 0 bridgehead atoms. The van der Waals surface area contributed by atoms with Crippen LogP contribution in [0, 0.1) is 0 Å². The molecular weight excluding hydrogens is 330 g/mol. The van der Waals surface area contributed by atoms with E-state index in [1.54, 1.807) is 11.3 Å². The van der Waals surface area contributed by atoms with Crippen molar-refractivity contribution in [1.82, 2.24) is 15.1 Å². The third kappa shape index (κ3) is 5.11. The monoisotopic (exact) mass is 355 g/mol. The zero-order valence-electron chi connectivity index (χ0n) is 13.4. The van der Waals surface area contributed by atoms with Crippen molar-refractivity contribution in [3.8, 4) is 0 Å². The lowest BCUT2D eigenvalue weighted by Crippen LogP contribution is -2.52. The molecule has 0 aromatic carbocycles. The molecule has 1 N–H and O–H groups in total. The second-order valence-electron chi connectivity index (χ2n) is 5.93. The number of carbonyl (C=O) groups is 1. The number of hydrogen-bond acceptors (Lipinski definition) is 5. The van der Waals surface area contributed by atoms with Gasteiger partial charge >= 0.3 is 6.03 Å². The van der Waals surface area contributed by atoms with E-state index in [4.69, 9.17) is 4.74 Å². The molecule has 1 aromatic heterocycles. The van der Waals surface area contributed by atoms with Gasteiger partial charge in [-0.15, -0.1) is 11.3 Å². The van der Waals surface area contributed by atoms with Gasteiger partial charge in [-0.1, -0.05) is 6.07 Å². The number of amides is 2. The van der Waals surface area contributed by atoms with Gasteiger partial charge in [0.15, 0.2) is 0 Å². The standard InChI is InChI=1S/C16H25N3O2S2/c20-16(17-11-15-3-1-10-23-15)19-4-2-9-22-13-14(19)12-18-5-7-21-8-6-18/h1,3,10,14H,2,4-9,11-13H2,(H,17,20). The number of carbonyl (C=O) groups excluding carboxylic acids is 1. The summed E-state index contributed by atoms with van der Waals surface area (Å²) in [6.45, 7) is 6.03. The van der Waals surface area contributed by atoms with Crippen LogP contribution >= 0.6 is 23.1 Å². The molecule has 0 radical (unpaired) electrons. The van der Waals surface area contributed by atoms with Crippen molar-refractivity contribution in [3.63, 3.8) is 0 Å². The molecule has 2 aliphatic rings. The predicted molar refractivity (Wildman–Crippen MR) is 96.2 cm³/mol. The molecule has 1 aromatic rings. The maximum absolute atomic E-state index is 12.7. The number of nitrogens with zero attached hydrogens (tertiary/aromatic N) is 2. The third-order valence-corrected chi connectivity index (χ3v) is 6.34. The molecule has 3 rings (SSSR count). The zero-order chi connectivity index (χ0) is 15.9. The number of thioether (sulfide) groups is 1. The highest BCUT2D eigenvalue weighted by Gasteiger charge is 2.28. The Morgan fingerprint density at radius 1 is 1.35 bits per heavy atom. The van der Waals surface area contributed by atoms with Crippen molar-refractivity contribution in [2.75, 3.05) is 50.9 Å². The van der Waals surface area contributed by atoms with E-state index >= 15 is 0 Å². The molecule has 1 atom stereocenters. The highest BCUT2D eigenvalue weighted by Crippen LogP contribution is 2.18. The van der Waals surface area contributed by atoms with Gasteiger partial charge < -0.3 is 15.0 Å². The van der Waals surface area contributed by atoms with E-state index in [9.17, 15) is 4.79 Å². The lowest BCUT2D eigenvalue weighted by Gasteiger charge is -2.35. The van der Waals surface area contributed by atoms with Crippen molar-refractivity contribution < 1.29 is 9.53 Å². The summed E-state index contributed by atoms with van der Waals surface area (Å²) in [5.41, 5.74) is 0. The zero-order valence-corrected chi connectivity index (χ0v) is 15.0. The average Bonchev–Trinajstić information content (AvgIpc) is 2.99. The van der Waals surface area contributed by atoms with Gasteiger partial charge in [0.05, 0.1) is 25.8 Å². The summed E-state index contributed by atoms with van der Waals surface area (Å²) in [5.74, 6) is 2.18. The molecule has 2 fully saturated rings. The fourth-order valence-electron chi connectivity index (χ4n) is 3.01. The largest absolute Gasteiger partial charge is 0.379 e. The van der Waals surface area contributed by atoms with Crippen LogP contribution in [0.2, 0.25) is 0 Å². The summed E-state index contributed by atoms with van der Waals surface area (Å²) in [6, 6.07) is 4.47. The Kier molecular flexibility index (Phi) is 6.62. The van der Waals surface area contributed by atoms with Gasteiger partial charge in [-0.3, -0.25) is 4.90 Å². The summed E-state index contributed by atoms with van der Waals surface area (Å²) in [4.78, 5) is 18.4. The van der Waals surface area contributed by atoms with Crippen molar-refractivity contribution >= 4 is 29.1 Å². The highest BCUT2D eigenvalue weighted by molar-refractivity contribution is 7.99. The number of thiophene rings is 1. The number of hydrogen-bond donors (Lipinski definition) is 1. The first-order chi connectivity index (χ1) is 11.3. The van der Waals surface area contributed by atoms with E-state index in [1.165, 1.54) is 4.88 Å². The van der Waals surface area contributed by atoms with Gasteiger partial charge in [-0.05, 0) is 23.6 Å².